The largest absolute Gasteiger partial charge is 0.416 e. The maximum absolute atomic E-state index is 13.7. The zero-order valence-corrected chi connectivity index (χ0v) is 18.7. The standard InChI is InChI=1S/C25H23F5N4O/c26-20-6-4-16(12-21(20)27)17-5-7-23-31-22(15-34(23)14-17)24(35)33-10-8-32(9-11-33)19-3-1-2-18(13-19)25(28,29)30/h1-4,6,12-13,15,17H,5,7-11,14H2. The number of fused-ring (bicyclic) bond motifs is 1. The van der Waals surface area contributed by atoms with Gasteiger partial charge in [-0.3, -0.25) is 4.79 Å². The molecule has 2 aliphatic heterocycles. The average molecular weight is 490 g/mol. The number of nitrogens with zero attached hydrogens (tertiary/aromatic N) is 4. The monoisotopic (exact) mass is 490 g/mol. The zero-order valence-electron chi connectivity index (χ0n) is 18.7. The molecular formula is C25H23F5N4O. The van der Waals surface area contributed by atoms with Crippen LogP contribution in [0.4, 0.5) is 27.6 Å². The molecule has 3 aromatic rings. The van der Waals surface area contributed by atoms with E-state index in [1.807, 2.05) is 9.47 Å². The van der Waals surface area contributed by atoms with Crippen molar-refractivity contribution in [3.8, 4) is 0 Å². The Hall–Kier alpha value is -3.43. The van der Waals surface area contributed by atoms with Crippen molar-refractivity contribution in [2.24, 2.45) is 0 Å². The minimum absolute atomic E-state index is 0.00856. The van der Waals surface area contributed by atoms with E-state index in [4.69, 9.17) is 0 Å². The molecule has 0 aliphatic carbocycles. The summed E-state index contributed by atoms with van der Waals surface area (Å²) in [6, 6.07) is 9.13. The Kier molecular flexibility index (Phi) is 5.98. The Balaban J connectivity index is 1.23. The van der Waals surface area contributed by atoms with Crippen molar-refractivity contribution in [1.29, 1.82) is 0 Å². The van der Waals surface area contributed by atoms with Crippen LogP contribution >= 0.6 is 0 Å². The van der Waals surface area contributed by atoms with Crippen LogP contribution in [0.3, 0.4) is 0 Å². The van der Waals surface area contributed by atoms with Crippen molar-refractivity contribution in [3.63, 3.8) is 0 Å². The van der Waals surface area contributed by atoms with E-state index >= 15 is 0 Å². The summed E-state index contributed by atoms with van der Waals surface area (Å²) in [6.45, 7) is 2.09. The second kappa shape index (κ2) is 8.98. The van der Waals surface area contributed by atoms with E-state index < -0.39 is 23.4 Å². The summed E-state index contributed by atoms with van der Waals surface area (Å²) in [5.74, 6) is -1.21. The van der Waals surface area contributed by atoms with Crippen molar-refractivity contribution in [1.82, 2.24) is 14.5 Å². The fourth-order valence-corrected chi connectivity index (χ4v) is 4.79. The lowest BCUT2D eigenvalue weighted by Gasteiger charge is -2.36. The number of aromatic nitrogens is 2. The molecule has 1 aromatic heterocycles. The number of anilines is 1. The van der Waals surface area contributed by atoms with Gasteiger partial charge in [-0.1, -0.05) is 12.1 Å². The van der Waals surface area contributed by atoms with Crippen molar-refractivity contribution < 1.29 is 26.7 Å². The highest BCUT2D eigenvalue weighted by atomic mass is 19.4. The van der Waals surface area contributed by atoms with E-state index in [0.29, 0.717) is 62.5 Å². The van der Waals surface area contributed by atoms with E-state index in [9.17, 15) is 26.7 Å². The molecule has 1 unspecified atom stereocenters. The van der Waals surface area contributed by atoms with Gasteiger partial charge < -0.3 is 14.4 Å². The van der Waals surface area contributed by atoms with Gasteiger partial charge in [-0.2, -0.15) is 13.2 Å². The summed E-state index contributed by atoms with van der Waals surface area (Å²) in [4.78, 5) is 21.1. The molecule has 2 aliphatic rings. The van der Waals surface area contributed by atoms with Gasteiger partial charge >= 0.3 is 6.18 Å². The molecule has 0 N–H and O–H groups in total. The first-order valence-electron chi connectivity index (χ1n) is 11.4. The summed E-state index contributed by atoms with van der Waals surface area (Å²) in [7, 11) is 0. The van der Waals surface area contributed by atoms with Crippen LogP contribution in [0.15, 0.2) is 48.7 Å². The highest BCUT2D eigenvalue weighted by Gasteiger charge is 2.32. The molecule has 1 saturated heterocycles. The van der Waals surface area contributed by atoms with Gasteiger partial charge in [0, 0.05) is 56.9 Å². The molecular weight excluding hydrogens is 467 g/mol. The zero-order chi connectivity index (χ0) is 24.7. The van der Waals surface area contributed by atoms with E-state index in [1.165, 1.54) is 12.1 Å². The quantitative estimate of drug-likeness (QED) is 0.492. The third-order valence-corrected chi connectivity index (χ3v) is 6.73. The van der Waals surface area contributed by atoms with E-state index in [2.05, 4.69) is 4.98 Å². The molecule has 1 fully saturated rings. The molecule has 10 heteroatoms. The van der Waals surface area contributed by atoms with Crippen molar-refractivity contribution in [3.05, 3.63) is 82.9 Å². The average Bonchev–Trinajstić information content (AvgIpc) is 3.28. The van der Waals surface area contributed by atoms with Crippen LogP contribution in [0.1, 0.15) is 39.8 Å². The number of alkyl halides is 3. The molecule has 184 valence electrons. The van der Waals surface area contributed by atoms with Gasteiger partial charge in [0.25, 0.3) is 5.91 Å². The lowest BCUT2D eigenvalue weighted by Crippen LogP contribution is -2.49. The molecule has 35 heavy (non-hydrogen) atoms. The van der Waals surface area contributed by atoms with Crippen LogP contribution in [0.5, 0.6) is 0 Å². The second-order valence-corrected chi connectivity index (χ2v) is 8.93. The Morgan fingerprint density at radius 1 is 0.971 bits per heavy atom. The van der Waals surface area contributed by atoms with Crippen LogP contribution in [-0.4, -0.2) is 46.5 Å². The number of halogens is 5. The predicted octanol–water partition coefficient (Wildman–Crippen LogP) is 4.87. The summed E-state index contributed by atoms with van der Waals surface area (Å²) in [6.07, 6.45) is -1.38. The minimum atomic E-state index is -4.40. The SMILES string of the molecule is O=C(c1cn2c(n1)CCC(c1ccc(F)c(F)c1)C2)N1CCN(c2cccc(C(F)(F)F)c2)CC1. The van der Waals surface area contributed by atoms with Gasteiger partial charge in [-0.25, -0.2) is 13.8 Å². The Labute approximate surface area is 198 Å². The molecule has 0 radical (unpaired) electrons. The van der Waals surface area contributed by atoms with Crippen molar-refractivity contribution in [2.45, 2.75) is 31.5 Å². The minimum Gasteiger partial charge on any atom is -0.368 e. The number of imidazole rings is 1. The first-order chi connectivity index (χ1) is 16.7. The maximum Gasteiger partial charge on any atom is 0.416 e. The van der Waals surface area contributed by atoms with Crippen molar-refractivity contribution >= 4 is 11.6 Å². The highest BCUT2D eigenvalue weighted by Crippen LogP contribution is 2.32. The highest BCUT2D eigenvalue weighted by molar-refractivity contribution is 5.92. The smallest absolute Gasteiger partial charge is 0.368 e. The molecule has 0 saturated carbocycles. The Morgan fingerprint density at radius 3 is 2.46 bits per heavy atom. The normalized spacial score (nSPS) is 18.5. The lowest BCUT2D eigenvalue weighted by molar-refractivity contribution is -0.137. The summed E-state index contributed by atoms with van der Waals surface area (Å²) >= 11 is 0. The number of carbonyl (C=O) groups excluding carboxylic acids is 1. The van der Waals surface area contributed by atoms with Crippen LogP contribution in [0, 0.1) is 11.6 Å². The van der Waals surface area contributed by atoms with E-state index in [0.717, 1.165) is 24.0 Å². The van der Waals surface area contributed by atoms with Gasteiger partial charge in [0.1, 0.15) is 11.5 Å². The van der Waals surface area contributed by atoms with E-state index in [-0.39, 0.29) is 11.8 Å². The van der Waals surface area contributed by atoms with Crippen LogP contribution in [0.25, 0.3) is 0 Å². The number of aryl methyl sites for hydroxylation is 1. The van der Waals surface area contributed by atoms with Crippen LogP contribution < -0.4 is 4.90 Å². The number of rotatable bonds is 3. The number of hydrogen-bond acceptors (Lipinski definition) is 3. The fraction of sp³-hybridized carbons (Fsp3) is 0.360. The molecule has 2 aromatic carbocycles. The third kappa shape index (κ3) is 4.74. The first-order valence-corrected chi connectivity index (χ1v) is 11.4. The lowest BCUT2D eigenvalue weighted by atomic mass is 9.91. The van der Waals surface area contributed by atoms with Crippen LogP contribution in [0.2, 0.25) is 0 Å². The number of piperazine rings is 1. The molecule has 5 nitrogen and oxygen atoms in total. The molecule has 5 rings (SSSR count). The van der Waals surface area contributed by atoms with Crippen LogP contribution in [-0.2, 0) is 19.1 Å². The second-order valence-electron chi connectivity index (χ2n) is 8.93. The molecule has 3 heterocycles. The number of amides is 1. The number of benzene rings is 2. The van der Waals surface area contributed by atoms with Gasteiger partial charge in [-0.05, 0) is 42.3 Å². The fourth-order valence-electron chi connectivity index (χ4n) is 4.79. The molecule has 1 amide bonds. The molecule has 1 atom stereocenters. The van der Waals surface area contributed by atoms with Gasteiger partial charge in [-0.15, -0.1) is 0 Å². The number of carbonyl (C=O) groups is 1. The Bertz CT molecular complexity index is 1250. The summed E-state index contributed by atoms with van der Waals surface area (Å²) in [5, 5.41) is 0. The maximum atomic E-state index is 13.7. The van der Waals surface area contributed by atoms with Gasteiger partial charge in [0.15, 0.2) is 11.6 Å². The Morgan fingerprint density at radius 2 is 1.74 bits per heavy atom. The molecule has 0 spiro atoms. The third-order valence-electron chi connectivity index (χ3n) is 6.73. The van der Waals surface area contributed by atoms with Gasteiger partial charge in [0.2, 0.25) is 0 Å². The van der Waals surface area contributed by atoms with Crippen molar-refractivity contribution in [2.75, 3.05) is 31.1 Å². The number of hydrogen-bond donors (Lipinski definition) is 0. The predicted molar refractivity (Wildman–Crippen MR) is 119 cm³/mol. The topological polar surface area (TPSA) is 41.4 Å². The summed E-state index contributed by atoms with van der Waals surface area (Å²) < 4.78 is 67.9. The van der Waals surface area contributed by atoms with Gasteiger partial charge in [0.05, 0.1) is 5.56 Å². The first kappa shape index (κ1) is 23.3. The molecule has 0 bridgehead atoms. The summed E-state index contributed by atoms with van der Waals surface area (Å²) in [5.41, 5.74) is 0.812. The van der Waals surface area contributed by atoms with E-state index in [1.54, 1.807) is 23.2 Å².